The average Bonchev–Trinajstić information content (AvgIpc) is 3.18. The highest BCUT2D eigenvalue weighted by atomic mass is 79.9. The molecule has 29 heavy (non-hydrogen) atoms. The third-order valence-corrected chi connectivity index (χ3v) is 5.40. The Hall–Kier alpha value is -3.12. The smallest absolute Gasteiger partial charge is 0.274 e. The van der Waals surface area contributed by atoms with E-state index >= 15 is 0 Å². The summed E-state index contributed by atoms with van der Waals surface area (Å²) in [4.78, 5) is 13.3. The zero-order chi connectivity index (χ0) is 20.4. The van der Waals surface area contributed by atoms with E-state index in [1.807, 2.05) is 48.5 Å². The summed E-state index contributed by atoms with van der Waals surface area (Å²) in [7, 11) is 1.62. The van der Waals surface area contributed by atoms with Crippen LogP contribution in [0.25, 0.3) is 0 Å². The fourth-order valence-electron chi connectivity index (χ4n) is 3.42. The molecular formula is C23H19BrN2O3. The van der Waals surface area contributed by atoms with Gasteiger partial charge in [-0.15, -0.1) is 0 Å². The molecular weight excluding hydrogens is 432 g/mol. The first-order chi connectivity index (χ1) is 14.1. The van der Waals surface area contributed by atoms with Crippen LogP contribution in [0, 0.1) is 0 Å². The predicted molar refractivity (Wildman–Crippen MR) is 115 cm³/mol. The number of rotatable bonds is 4. The lowest BCUT2D eigenvalue weighted by molar-refractivity contribution is 0.0709. The summed E-state index contributed by atoms with van der Waals surface area (Å²) in [6.45, 7) is 0. The molecule has 1 heterocycles. The lowest BCUT2D eigenvalue weighted by Gasteiger charge is -2.22. The molecule has 0 saturated heterocycles. The Labute approximate surface area is 177 Å². The van der Waals surface area contributed by atoms with Crippen molar-refractivity contribution in [3.8, 4) is 11.5 Å². The molecule has 1 atom stereocenters. The van der Waals surface area contributed by atoms with Crippen molar-refractivity contribution in [1.82, 2.24) is 5.01 Å². The Kier molecular flexibility index (Phi) is 5.36. The first-order valence-corrected chi connectivity index (χ1v) is 9.95. The fourth-order valence-corrected chi connectivity index (χ4v) is 3.82. The Morgan fingerprint density at radius 3 is 2.55 bits per heavy atom. The minimum absolute atomic E-state index is 0.149. The second kappa shape index (κ2) is 8.09. The van der Waals surface area contributed by atoms with E-state index in [1.165, 1.54) is 5.01 Å². The van der Waals surface area contributed by atoms with E-state index in [0.717, 1.165) is 21.5 Å². The van der Waals surface area contributed by atoms with Gasteiger partial charge in [0.1, 0.15) is 11.5 Å². The number of nitrogens with zero attached hydrogens (tertiary/aromatic N) is 2. The van der Waals surface area contributed by atoms with Crippen LogP contribution in [-0.2, 0) is 0 Å². The standard InChI is InChI=1S/C23H19BrN2O3/c1-29-18-11-9-15(10-12-18)20-14-21(19-7-2-3-8-22(19)27)26(25-20)23(28)16-5-4-6-17(24)13-16/h2-13,21,27H,14H2,1H3/t21-/m0/s1. The first-order valence-electron chi connectivity index (χ1n) is 9.16. The Balaban J connectivity index is 1.74. The molecule has 0 bridgehead atoms. The lowest BCUT2D eigenvalue weighted by atomic mass is 9.97. The number of para-hydroxylation sites is 1. The summed E-state index contributed by atoms with van der Waals surface area (Å²) >= 11 is 3.41. The van der Waals surface area contributed by atoms with Crippen molar-refractivity contribution in [2.45, 2.75) is 12.5 Å². The number of aromatic hydroxyl groups is 1. The molecule has 0 unspecified atom stereocenters. The number of benzene rings is 3. The summed E-state index contributed by atoms with van der Waals surface area (Å²) in [5.41, 5.74) is 2.89. The second-order valence-corrected chi connectivity index (χ2v) is 7.63. The molecule has 0 saturated carbocycles. The van der Waals surface area contributed by atoms with Crippen molar-refractivity contribution in [3.63, 3.8) is 0 Å². The van der Waals surface area contributed by atoms with Crippen molar-refractivity contribution in [2.24, 2.45) is 5.10 Å². The number of hydrazone groups is 1. The van der Waals surface area contributed by atoms with E-state index in [9.17, 15) is 9.90 Å². The lowest BCUT2D eigenvalue weighted by Crippen LogP contribution is -2.27. The van der Waals surface area contributed by atoms with Gasteiger partial charge in [0.2, 0.25) is 0 Å². The third-order valence-electron chi connectivity index (χ3n) is 4.91. The molecule has 1 aliphatic heterocycles. The highest BCUT2D eigenvalue weighted by Gasteiger charge is 2.35. The number of phenols is 1. The SMILES string of the molecule is COc1ccc(C2=NN(C(=O)c3cccc(Br)c3)[C@H](c3ccccc3O)C2)cc1. The van der Waals surface area contributed by atoms with Crippen LogP contribution < -0.4 is 4.74 Å². The van der Waals surface area contributed by atoms with Crippen LogP contribution >= 0.6 is 15.9 Å². The van der Waals surface area contributed by atoms with Crippen LogP contribution in [0.15, 0.2) is 82.4 Å². The number of halogens is 1. The molecule has 4 rings (SSSR count). The topological polar surface area (TPSA) is 62.1 Å². The molecule has 3 aromatic carbocycles. The number of hydrogen-bond acceptors (Lipinski definition) is 4. The third kappa shape index (κ3) is 3.89. The minimum Gasteiger partial charge on any atom is -0.508 e. The molecule has 0 radical (unpaired) electrons. The number of amides is 1. The van der Waals surface area contributed by atoms with E-state index in [2.05, 4.69) is 21.0 Å². The van der Waals surface area contributed by atoms with Gasteiger partial charge in [0.15, 0.2) is 0 Å². The summed E-state index contributed by atoms with van der Waals surface area (Å²) < 4.78 is 6.04. The van der Waals surface area contributed by atoms with Gasteiger partial charge in [0.25, 0.3) is 5.91 Å². The van der Waals surface area contributed by atoms with Crippen LogP contribution in [0.5, 0.6) is 11.5 Å². The number of methoxy groups -OCH3 is 1. The first kappa shape index (κ1) is 19.2. The van der Waals surface area contributed by atoms with Crippen molar-refractivity contribution >= 4 is 27.5 Å². The molecule has 0 aliphatic carbocycles. The summed E-state index contributed by atoms with van der Waals surface area (Å²) in [5, 5.41) is 16.5. The summed E-state index contributed by atoms with van der Waals surface area (Å²) in [6, 6.07) is 21.5. The molecule has 0 fully saturated rings. The van der Waals surface area contributed by atoms with Gasteiger partial charge in [-0.3, -0.25) is 4.79 Å². The highest BCUT2D eigenvalue weighted by molar-refractivity contribution is 9.10. The van der Waals surface area contributed by atoms with Crippen LogP contribution in [0.2, 0.25) is 0 Å². The molecule has 3 aromatic rings. The molecule has 0 aromatic heterocycles. The van der Waals surface area contributed by atoms with Gasteiger partial charge in [-0.05, 0) is 54.1 Å². The Bertz CT molecular complexity index is 1080. The van der Waals surface area contributed by atoms with E-state index in [0.29, 0.717) is 17.5 Å². The van der Waals surface area contributed by atoms with Crippen molar-refractivity contribution in [2.75, 3.05) is 7.11 Å². The monoisotopic (exact) mass is 450 g/mol. The molecule has 1 aliphatic rings. The zero-order valence-electron chi connectivity index (χ0n) is 15.7. The number of ether oxygens (including phenoxy) is 1. The van der Waals surface area contributed by atoms with Crippen LogP contribution in [0.1, 0.15) is 33.9 Å². The Morgan fingerprint density at radius 1 is 1.10 bits per heavy atom. The van der Waals surface area contributed by atoms with Crippen molar-refractivity contribution in [1.29, 1.82) is 0 Å². The van der Waals surface area contributed by atoms with Gasteiger partial charge in [-0.1, -0.05) is 40.2 Å². The normalized spacial score (nSPS) is 15.9. The number of carbonyl (C=O) groups is 1. The highest BCUT2D eigenvalue weighted by Crippen LogP contribution is 2.38. The molecule has 6 heteroatoms. The number of phenolic OH excluding ortho intramolecular Hbond substituents is 1. The largest absolute Gasteiger partial charge is 0.508 e. The van der Waals surface area contributed by atoms with Gasteiger partial charge in [0, 0.05) is 22.0 Å². The van der Waals surface area contributed by atoms with Crippen LogP contribution in [-0.4, -0.2) is 28.8 Å². The van der Waals surface area contributed by atoms with Gasteiger partial charge in [-0.2, -0.15) is 5.10 Å². The van der Waals surface area contributed by atoms with Crippen molar-refractivity contribution < 1.29 is 14.6 Å². The molecule has 0 spiro atoms. The van der Waals surface area contributed by atoms with Crippen LogP contribution in [0.3, 0.4) is 0 Å². The summed E-state index contributed by atoms with van der Waals surface area (Å²) in [5.74, 6) is 0.686. The van der Waals surface area contributed by atoms with Gasteiger partial charge in [0.05, 0.1) is 18.9 Å². The van der Waals surface area contributed by atoms with E-state index in [-0.39, 0.29) is 17.7 Å². The number of carbonyl (C=O) groups excluding carboxylic acids is 1. The van der Waals surface area contributed by atoms with Gasteiger partial charge >= 0.3 is 0 Å². The second-order valence-electron chi connectivity index (χ2n) is 6.71. The van der Waals surface area contributed by atoms with E-state index in [4.69, 9.17) is 4.74 Å². The maximum atomic E-state index is 13.3. The van der Waals surface area contributed by atoms with Gasteiger partial charge in [-0.25, -0.2) is 5.01 Å². The van der Waals surface area contributed by atoms with Gasteiger partial charge < -0.3 is 9.84 Å². The van der Waals surface area contributed by atoms with Crippen molar-refractivity contribution in [3.05, 3.63) is 94.0 Å². The predicted octanol–water partition coefficient (Wildman–Crippen LogP) is 5.15. The van der Waals surface area contributed by atoms with E-state index < -0.39 is 0 Å². The average molecular weight is 451 g/mol. The Morgan fingerprint density at radius 2 is 1.86 bits per heavy atom. The maximum absolute atomic E-state index is 13.3. The quantitative estimate of drug-likeness (QED) is 0.597. The van der Waals surface area contributed by atoms with Crippen LogP contribution in [0.4, 0.5) is 0 Å². The number of hydrogen-bond donors (Lipinski definition) is 1. The molecule has 5 nitrogen and oxygen atoms in total. The van der Waals surface area contributed by atoms with E-state index in [1.54, 1.807) is 31.4 Å². The fraction of sp³-hybridized carbons (Fsp3) is 0.130. The molecule has 1 amide bonds. The summed E-state index contributed by atoms with van der Waals surface area (Å²) in [6.07, 6.45) is 0.504. The molecule has 1 N–H and O–H groups in total. The zero-order valence-corrected chi connectivity index (χ0v) is 17.3. The maximum Gasteiger partial charge on any atom is 0.274 e. The minimum atomic E-state index is -0.389. The molecule has 146 valence electrons.